The number of aromatic nitrogens is 4. The summed E-state index contributed by atoms with van der Waals surface area (Å²) in [7, 11) is 2.09. The Bertz CT molecular complexity index is 1400. The Morgan fingerprint density at radius 3 is 2.54 bits per heavy atom. The Hall–Kier alpha value is -3.78. The van der Waals surface area contributed by atoms with Crippen molar-refractivity contribution in [3.05, 3.63) is 71.9 Å². The van der Waals surface area contributed by atoms with Gasteiger partial charge in [-0.3, -0.25) is 9.78 Å². The minimum absolute atomic E-state index is 0.0584. The monoisotopic (exact) mass is 498 g/mol. The molecule has 0 unspecified atom stereocenters. The molecule has 0 bridgehead atoms. The first-order valence-electron chi connectivity index (χ1n) is 12.7. The van der Waals surface area contributed by atoms with Gasteiger partial charge in [0.15, 0.2) is 0 Å². The highest BCUT2D eigenvalue weighted by molar-refractivity contribution is 5.98. The van der Waals surface area contributed by atoms with Crippen molar-refractivity contribution in [1.82, 2.24) is 29.7 Å². The van der Waals surface area contributed by atoms with E-state index in [2.05, 4.69) is 59.8 Å². The molecule has 0 radical (unpaired) electrons. The lowest BCUT2D eigenvalue weighted by molar-refractivity contribution is 0.0659. The van der Waals surface area contributed by atoms with Gasteiger partial charge in [0.05, 0.1) is 18.0 Å². The molecule has 1 aromatic carbocycles. The van der Waals surface area contributed by atoms with Crippen molar-refractivity contribution in [2.75, 3.05) is 39.8 Å². The summed E-state index contributed by atoms with van der Waals surface area (Å²) in [6.45, 7) is 10.4. The molecule has 8 nitrogen and oxygen atoms in total. The van der Waals surface area contributed by atoms with Crippen LogP contribution in [0.1, 0.15) is 42.6 Å². The summed E-state index contributed by atoms with van der Waals surface area (Å²) in [6.07, 6.45) is 4.09. The van der Waals surface area contributed by atoms with Crippen molar-refractivity contribution >= 4 is 16.8 Å². The maximum atomic E-state index is 13.0. The molecule has 0 saturated carbocycles. The number of benzene rings is 1. The van der Waals surface area contributed by atoms with E-state index < -0.39 is 0 Å². The van der Waals surface area contributed by atoms with Crippen LogP contribution in [0.25, 0.3) is 22.3 Å². The molecule has 192 valence electrons. The Labute approximate surface area is 217 Å². The number of likely N-dealkylation sites (N-methyl/N-ethyl adjacent to an activating group) is 1. The van der Waals surface area contributed by atoms with E-state index in [4.69, 9.17) is 9.72 Å². The molecule has 4 heterocycles. The third-order valence-electron chi connectivity index (χ3n) is 6.44. The van der Waals surface area contributed by atoms with Crippen LogP contribution in [0.5, 0.6) is 5.75 Å². The van der Waals surface area contributed by atoms with E-state index in [-0.39, 0.29) is 11.3 Å². The first-order valence-corrected chi connectivity index (χ1v) is 12.7. The zero-order chi connectivity index (χ0) is 26.0. The minimum Gasteiger partial charge on any atom is -0.493 e. The molecule has 1 amide bonds. The van der Waals surface area contributed by atoms with Gasteiger partial charge >= 0.3 is 0 Å². The minimum atomic E-state index is 0.0584. The summed E-state index contributed by atoms with van der Waals surface area (Å²) in [5, 5.41) is 1.01. The van der Waals surface area contributed by atoms with Crippen molar-refractivity contribution in [1.29, 1.82) is 0 Å². The summed E-state index contributed by atoms with van der Waals surface area (Å²) in [6, 6.07) is 13.8. The molecule has 1 aliphatic rings. The Kier molecular flexibility index (Phi) is 6.93. The predicted molar refractivity (Wildman–Crippen MR) is 145 cm³/mol. The van der Waals surface area contributed by atoms with E-state index in [0.29, 0.717) is 24.5 Å². The predicted octanol–water partition coefficient (Wildman–Crippen LogP) is 4.42. The maximum absolute atomic E-state index is 13.0. The Balaban J connectivity index is 1.31. The van der Waals surface area contributed by atoms with Gasteiger partial charge in [-0.2, -0.15) is 0 Å². The highest BCUT2D eigenvalue weighted by Crippen LogP contribution is 2.24. The van der Waals surface area contributed by atoms with Gasteiger partial charge in [-0.15, -0.1) is 0 Å². The molecule has 4 aromatic rings. The molecular weight excluding hydrogens is 464 g/mol. The molecule has 1 aliphatic heterocycles. The smallest absolute Gasteiger partial charge is 0.270 e. The number of nitrogens with zero attached hydrogens (tertiary/aromatic N) is 5. The van der Waals surface area contributed by atoms with Gasteiger partial charge in [-0.05, 0) is 48.4 Å². The van der Waals surface area contributed by atoms with Crippen molar-refractivity contribution in [2.45, 2.75) is 27.2 Å². The van der Waals surface area contributed by atoms with Crippen LogP contribution in [-0.4, -0.2) is 75.5 Å². The van der Waals surface area contributed by atoms with Crippen LogP contribution in [0.15, 0.2) is 54.9 Å². The normalized spacial score (nSPS) is 14.8. The average molecular weight is 499 g/mol. The first-order chi connectivity index (χ1) is 17.7. The van der Waals surface area contributed by atoms with E-state index in [0.717, 1.165) is 59.8 Å². The van der Waals surface area contributed by atoms with E-state index >= 15 is 0 Å². The number of piperazine rings is 1. The van der Waals surface area contributed by atoms with Gasteiger partial charge in [-0.25, -0.2) is 9.97 Å². The van der Waals surface area contributed by atoms with Crippen LogP contribution in [0.4, 0.5) is 0 Å². The number of fused-ring (bicyclic) bond motifs is 1. The van der Waals surface area contributed by atoms with Gasteiger partial charge in [0.2, 0.25) is 0 Å². The Morgan fingerprint density at radius 1 is 0.973 bits per heavy atom. The Morgan fingerprint density at radius 2 is 1.76 bits per heavy atom. The second kappa shape index (κ2) is 10.3. The summed E-state index contributed by atoms with van der Waals surface area (Å²) in [4.78, 5) is 34.2. The van der Waals surface area contributed by atoms with Crippen molar-refractivity contribution in [3.63, 3.8) is 0 Å². The van der Waals surface area contributed by atoms with Gasteiger partial charge in [0.25, 0.3) is 5.91 Å². The van der Waals surface area contributed by atoms with Crippen LogP contribution < -0.4 is 4.74 Å². The fourth-order valence-corrected chi connectivity index (χ4v) is 4.34. The van der Waals surface area contributed by atoms with Crippen LogP contribution in [0, 0.1) is 5.41 Å². The highest BCUT2D eigenvalue weighted by Gasteiger charge is 2.22. The van der Waals surface area contributed by atoms with Crippen LogP contribution in [-0.2, 0) is 6.42 Å². The first kappa shape index (κ1) is 24.9. The maximum Gasteiger partial charge on any atom is 0.270 e. The molecule has 1 N–H and O–H groups in total. The second-order valence-corrected chi connectivity index (χ2v) is 11.0. The molecule has 0 spiro atoms. The quantitative estimate of drug-likeness (QED) is 0.423. The van der Waals surface area contributed by atoms with Crippen LogP contribution >= 0.6 is 0 Å². The van der Waals surface area contributed by atoms with Gasteiger partial charge < -0.3 is 19.5 Å². The molecule has 0 atom stereocenters. The van der Waals surface area contributed by atoms with Crippen LogP contribution in [0.3, 0.4) is 0 Å². The number of ether oxygens (including phenoxy) is 1. The van der Waals surface area contributed by atoms with Gasteiger partial charge in [0, 0.05) is 62.0 Å². The van der Waals surface area contributed by atoms with Crippen molar-refractivity contribution in [3.8, 4) is 17.1 Å². The fourth-order valence-electron chi connectivity index (χ4n) is 4.34. The summed E-state index contributed by atoms with van der Waals surface area (Å²) in [5.74, 6) is 1.55. The van der Waals surface area contributed by atoms with Crippen molar-refractivity contribution < 1.29 is 9.53 Å². The number of pyridine rings is 1. The topological polar surface area (TPSA) is 87.2 Å². The number of hydrogen-bond acceptors (Lipinski definition) is 6. The van der Waals surface area contributed by atoms with Gasteiger partial charge in [-0.1, -0.05) is 26.8 Å². The number of H-pyrrole nitrogens is 1. The molecule has 0 aliphatic carbocycles. The second-order valence-electron chi connectivity index (χ2n) is 11.0. The average Bonchev–Trinajstić information content (AvgIpc) is 3.31. The number of aromatic amines is 1. The summed E-state index contributed by atoms with van der Waals surface area (Å²) < 4.78 is 5.95. The molecule has 37 heavy (non-hydrogen) atoms. The lowest BCUT2D eigenvalue weighted by Crippen LogP contribution is -2.47. The molecule has 5 rings (SSSR count). The number of rotatable bonds is 6. The van der Waals surface area contributed by atoms with E-state index in [9.17, 15) is 4.79 Å². The molecule has 3 aromatic heterocycles. The molecule has 1 saturated heterocycles. The number of carbonyl (C=O) groups excluding carboxylic acids is 1. The van der Waals surface area contributed by atoms with E-state index in [1.165, 1.54) is 0 Å². The summed E-state index contributed by atoms with van der Waals surface area (Å²) >= 11 is 0. The molecule has 1 fully saturated rings. The lowest BCUT2D eigenvalue weighted by Gasteiger charge is -2.32. The van der Waals surface area contributed by atoms with Crippen LogP contribution in [0.2, 0.25) is 0 Å². The van der Waals surface area contributed by atoms with E-state index in [1.807, 2.05) is 35.2 Å². The zero-order valence-corrected chi connectivity index (χ0v) is 22.0. The number of carbonyl (C=O) groups is 1. The fraction of sp³-hybridized carbons (Fsp3) is 0.379. The highest BCUT2D eigenvalue weighted by atomic mass is 16.5. The SMILES string of the molecule is CN1CCN(C(=O)c2cc3cc(Cc4nccc(-c5cc(OCC(C)(C)C)ccn5)n4)ccc3[nH]2)CC1. The van der Waals surface area contributed by atoms with Crippen molar-refractivity contribution in [2.24, 2.45) is 5.41 Å². The zero-order valence-electron chi connectivity index (χ0n) is 22.0. The lowest BCUT2D eigenvalue weighted by atomic mass is 9.99. The summed E-state index contributed by atoms with van der Waals surface area (Å²) in [5.41, 5.74) is 4.25. The standard InChI is InChI=1S/C29H34N6O2/c1-29(2,3)19-37-22-7-9-30-25(18-22)24-8-10-31-27(33-24)16-20-5-6-23-21(15-20)17-26(32-23)28(36)35-13-11-34(4)12-14-35/h5-10,15,17-18,32H,11-14,16,19H2,1-4H3. The largest absolute Gasteiger partial charge is 0.493 e. The third kappa shape index (κ3) is 6.14. The van der Waals surface area contributed by atoms with E-state index in [1.54, 1.807) is 12.4 Å². The number of nitrogens with one attached hydrogen (secondary N) is 1. The molecular formula is C29H34N6O2. The third-order valence-corrected chi connectivity index (χ3v) is 6.44. The van der Waals surface area contributed by atoms with Gasteiger partial charge in [0.1, 0.15) is 17.3 Å². The number of amides is 1. The number of hydrogen-bond donors (Lipinski definition) is 1. The molecule has 8 heteroatoms.